The number of fused-ring (bicyclic) bond motifs is 2. The molecule has 0 aliphatic carbocycles. The second-order valence-electron chi connectivity index (χ2n) is 5.17. The monoisotopic (exact) mass is 281 g/mol. The van der Waals surface area contributed by atoms with E-state index in [1.807, 2.05) is 7.05 Å². The highest BCUT2D eigenvalue weighted by atomic mass is 35.5. The number of hydrogen-bond donors (Lipinski definition) is 1. The van der Waals surface area contributed by atoms with Crippen LogP contribution in [0, 0.1) is 0 Å². The topological polar surface area (TPSA) is 30.5 Å². The maximum Gasteiger partial charge on any atom is 0.141 e. The van der Waals surface area contributed by atoms with Crippen molar-refractivity contribution in [3.05, 3.63) is 21.7 Å². The van der Waals surface area contributed by atoms with Gasteiger partial charge in [0.25, 0.3) is 0 Å². The Labute approximate surface area is 119 Å². The fourth-order valence-electron chi connectivity index (χ4n) is 3.00. The number of hydrogen-bond acceptors (Lipinski definition) is 3. The van der Waals surface area contributed by atoms with Crippen molar-refractivity contribution in [3.8, 4) is 11.5 Å². The van der Waals surface area contributed by atoms with Crippen LogP contribution in [0.2, 0.25) is 5.02 Å². The average molecular weight is 282 g/mol. The van der Waals surface area contributed by atoms with E-state index in [0.717, 1.165) is 73.9 Å². The van der Waals surface area contributed by atoms with Gasteiger partial charge < -0.3 is 14.8 Å². The first-order valence-electron chi connectivity index (χ1n) is 7.09. The molecule has 0 atom stereocenters. The molecule has 4 heteroatoms. The van der Waals surface area contributed by atoms with E-state index in [9.17, 15) is 0 Å². The van der Waals surface area contributed by atoms with E-state index < -0.39 is 0 Å². The second-order valence-corrected chi connectivity index (χ2v) is 5.54. The molecular weight excluding hydrogens is 262 g/mol. The molecule has 0 spiro atoms. The molecule has 0 saturated heterocycles. The molecule has 2 aliphatic heterocycles. The molecule has 0 radical (unpaired) electrons. The Balaban J connectivity index is 2.13. The highest BCUT2D eigenvalue weighted by molar-refractivity contribution is 6.33. The van der Waals surface area contributed by atoms with Crippen LogP contribution in [0.25, 0.3) is 0 Å². The number of ether oxygens (including phenoxy) is 2. The molecule has 0 aromatic heterocycles. The van der Waals surface area contributed by atoms with Gasteiger partial charge in [-0.15, -0.1) is 0 Å². The summed E-state index contributed by atoms with van der Waals surface area (Å²) in [4.78, 5) is 0. The summed E-state index contributed by atoms with van der Waals surface area (Å²) in [5.41, 5.74) is 3.73. The number of nitrogens with one attached hydrogen (secondary N) is 1. The van der Waals surface area contributed by atoms with Crippen molar-refractivity contribution in [2.45, 2.75) is 32.1 Å². The second kappa shape index (κ2) is 5.59. The molecule has 2 heterocycles. The van der Waals surface area contributed by atoms with Crippen LogP contribution in [0.3, 0.4) is 0 Å². The summed E-state index contributed by atoms with van der Waals surface area (Å²) in [5.74, 6) is 1.96. The lowest BCUT2D eigenvalue weighted by Crippen LogP contribution is -2.20. The molecule has 0 unspecified atom stereocenters. The highest BCUT2D eigenvalue weighted by Gasteiger charge is 2.28. The first-order valence-corrected chi connectivity index (χ1v) is 7.47. The zero-order chi connectivity index (χ0) is 13.2. The summed E-state index contributed by atoms with van der Waals surface area (Å²) in [6.07, 6.45) is 5.12. The van der Waals surface area contributed by atoms with E-state index in [-0.39, 0.29) is 0 Å². The molecule has 0 bridgehead atoms. The molecular formula is C15H20ClNO2. The number of rotatable bonds is 3. The summed E-state index contributed by atoms with van der Waals surface area (Å²) in [6, 6.07) is 0. The molecule has 3 nitrogen and oxygen atoms in total. The van der Waals surface area contributed by atoms with E-state index in [2.05, 4.69) is 5.32 Å². The maximum absolute atomic E-state index is 6.53. The molecule has 3 rings (SSSR count). The molecule has 0 amide bonds. The Hall–Kier alpha value is -0.930. The minimum Gasteiger partial charge on any atom is -0.493 e. The van der Waals surface area contributed by atoms with Crippen LogP contribution in [-0.2, 0) is 19.3 Å². The van der Waals surface area contributed by atoms with Crippen molar-refractivity contribution in [1.82, 2.24) is 5.32 Å². The summed E-state index contributed by atoms with van der Waals surface area (Å²) >= 11 is 6.53. The summed E-state index contributed by atoms with van der Waals surface area (Å²) < 4.78 is 11.8. The average Bonchev–Trinajstić information content (AvgIpc) is 2.47. The minimum absolute atomic E-state index is 0.776. The van der Waals surface area contributed by atoms with E-state index >= 15 is 0 Å². The van der Waals surface area contributed by atoms with Crippen LogP contribution in [0.5, 0.6) is 11.5 Å². The van der Waals surface area contributed by atoms with Crippen LogP contribution < -0.4 is 14.8 Å². The van der Waals surface area contributed by atoms with Gasteiger partial charge in [0, 0.05) is 16.7 Å². The van der Waals surface area contributed by atoms with Gasteiger partial charge in [-0.1, -0.05) is 11.6 Å². The van der Waals surface area contributed by atoms with E-state index in [1.165, 1.54) is 11.1 Å². The lowest BCUT2D eigenvalue weighted by molar-refractivity contribution is 0.269. The highest BCUT2D eigenvalue weighted by Crippen LogP contribution is 2.46. The van der Waals surface area contributed by atoms with E-state index in [0.29, 0.717) is 0 Å². The van der Waals surface area contributed by atoms with Crippen molar-refractivity contribution < 1.29 is 9.47 Å². The predicted molar refractivity (Wildman–Crippen MR) is 76.7 cm³/mol. The van der Waals surface area contributed by atoms with Crippen LogP contribution >= 0.6 is 11.6 Å². The third kappa shape index (κ3) is 2.30. The molecule has 0 saturated carbocycles. The standard InChI is InChI=1S/C15H20ClNO2/c1-17-7-6-11-10-4-2-9-19-15(10)13(16)12-5-3-8-18-14(11)12/h17H,2-9H2,1H3. The normalized spacial score (nSPS) is 17.2. The van der Waals surface area contributed by atoms with Crippen molar-refractivity contribution in [1.29, 1.82) is 0 Å². The van der Waals surface area contributed by atoms with Gasteiger partial charge in [-0.05, 0) is 45.7 Å². The van der Waals surface area contributed by atoms with Gasteiger partial charge in [-0.2, -0.15) is 0 Å². The molecule has 1 aromatic rings. The molecule has 2 aliphatic rings. The van der Waals surface area contributed by atoms with Gasteiger partial charge in [0.05, 0.1) is 18.2 Å². The Morgan fingerprint density at radius 2 is 1.74 bits per heavy atom. The van der Waals surface area contributed by atoms with Crippen LogP contribution in [0.15, 0.2) is 0 Å². The zero-order valence-electron chi connectivity index (χ0n) is 11.4. The van der Waals surface area contributed by atoms with Crippen molar-refractivity contribution in [2.75, 3.05) is 26.8 Å². The first kappa shape index (κ1) is 13.1. The van der Waals surface area contributed by atoms with Crippen molar-refractivity contribution >= 4 is 11.6 Å². The number of benzene rings is 1. The van der Waals surface area contributed by atoms with E-state index in [4.69, 9.17) is 21.1 Å². The van der Waals surface area contributed by atoms with Crippen LogP contribution in [0.4, 0.5) is 0 Å². The third-order valence-electron chi connectivity index (χ3n) is 3.91. The fourth-order valence-corrected chi connectivity index (χ4v) is 3.35. The van der Waals surface area contributed by atoms with E-state index in [1.54, 1.807) is 0 Å². The largest absolute Gasteiger partial charge is 0.493 e. The third-order valence-corrected chi connectivity index (χ3v) is 4.31. The Morgan fingerprint density at radius 1 is 1.05 bits per heavy atom. The summed E-state index contributed by atoms with van der Waals surface area (Å²) in [6.45, 7) is 2.53. The SMILES string of the molecule is CNCCc1c2c(c(Cl)c3c1OCCC3)OCCC2. The van der Waals surface area contributed by atoms with Gasteiger partial charge in [-0.3, -0.25) is 0 Å². The van der Waals surface area contributed by atoms with Gasteiger partial charge in [0.15, 0.2) is 0 Å². The lowest BCUT2D eigenvalue weighted by atomic mass is 9.91. The van der Waals surface area contributed by atoms with Crippen molar-refractivity contribution in [3.63, 3.8) is 0 Å². The van der Waals surface area contributed by atoms with Gasteiger partial charge >= 0.3 is 0 Å². The smallest absolute Gasteiger partial charge is 0.141 e. The van der Waals surface area contributed by atoms with Crippen LogP contribution in [-0.4, -0.2) is 26.8 Å². The number of halogens is 1. The molecule has 1 aromatic carbocycles. The van der Waals surface area contributed by atoms with Crippen molar-refractivity contribution in [2.24, 2.45) is 0 Å². The number of likely N-dealkylation sites (N-methyl/N-ethyl adjacent to an activating group) is 1. The maximum atomic E-state index is 6.53. The summed E-state index contributed by atoms with van der Waals surface area (Å²) in [7, 11) is 1.98. The fraction of sp³-hybridized carbons (Fsp3) is 0.600. The van der Waals surface area contributed by atoms with Gasteiger partial charge in [0.1, 0.15) is 11.5 Å². The quantitative estimate of drug-likeness (QED) is 0.924. The lowest BCUT2D eigenvalue weighted by Gasteiger charge is -2.29. The van der Waals surface area contributed by atoms with Gasteiger partial charge in [0.2, 0.25) is 0 Å². The Morgan fingerprint density at radius 3 is 2.47 bits per heavy atom. The minimum atomic E-state index is 0.776. The summed E-state index contributed by atoms with van der Waals surface area (Å²) in [5, 5.41) is 4.00. The molecule has 19 heavy (non-hydrogen) atoms. The molecule has 1 N–H and O–H groups in total. The first-order chi connectivity index (χ1) is 9.33. The van der Waals surface area contributed by atoms with Crippen LogP contribution in [0.1, 0.15) is 29.5 Å². The zero-order valence-corrected chi connectivity index (χ0v) is 12.1. The predicted octanol–water partition coefficient (Wildman–Crippen LogP) is 2.75. The Kier molecular flexibility index (Phi) is 3.85. The van der Waals surface area contributed by atoms with Gasteiger partial charge in [-0.25, -0.2) is 0 Å². The molecule has 0 fully saturated rings. The Bertz CT molecular complexity index is 451. The molecule has 104 valence electrons.